The minimum Gasteiger partial charge on any atom is -0.396 e. The summed E-state index contributed by atoms with van der Waals surface area (Å²) in [4.78, 5) is 13.1. The van der Waals surface area contributed by atoms with Crippen molar-refractivity contribution in [3.8, 4) is 12.8 Å². The molecule has 1 amide bonds. The lowest BCUT2D eigenvalue weighted by molar-refractivity contribution is -0.121. The predicted molar refractivity (Wildman–Crippen MR) is 62.4 cm³/mol. The first kappa shape index (κ1) is 16.4. The Hall–Kier alpha value is -1.05. The van der Waals surface area contributed by atoms with Crippen molar-refractivity contribution < 1.29 is 9.90 Å². The number of nitrogens with zero attached hydrogens (tertiary/aromatic N) is 1. The summed E-state index contributed by atoms with van der Waals surface area (Å²) in [6, 6.07) is 0. The molecule has 0 bridgehead atoms. The van der Waals surface area contributed by atoms with Crippen LogP contribution in [0.3, 0.4) is 0 Å². The maximum Gasteiger partial charge on any atom is 0.220 e. The van der Waals surface area contributed by atoms with Crippen molar-refractivity contribution in [2.75, 3.05) is 33.8 Å². The number of hydrogen-bond acceptors (Lipinski definition) is 3. The van der Waals surface area contributed by atoms with Gasteiger partial charge in [0, 0.05) is 19.6 Å². The van der Waals surface area contributed by atoms with Gasteiger partial charge < -0.3 is 15.3 Å². The van der Waals surface area contributed by atoms with Gasteiger partial charge in [-0.25, -0.2) is 0 Å². The minimum absolute atomic E-state index is 0.0790. The smallest absolute Gasteiger partial charge is 0.220 e. The number of carbonyl (C=O) groups excluding carboxylic acids is 1. The quantitative estimate of drug-likeness (QED) is 0.466. The molecule has 0 atom stereocenters. The van der Waals surface area contributed by atoms with Gasteiger partial charge in [-0.05, 0) is 33.5 Å². The van der Waals surface area contributed by atoms with Crippen LogP contribution in [0.2, 0.25) is 0 Å². The van der Waals surface area contributed by atoms with E-state index in [1.807, 2.05) is 14.1 Å². The highest BCUT2D eigenvalue weighted by Crippen LogP contribution is 1.90. The van der Waals surface area contributed by atoms with E-state index in [4.69, 9.17) is 5.11 Å². The first-order valence-corrected chi connectivity index (χ1v) is 5.02. The molecule has 4 nitrogen and oxygen atoms in total. The zero-order valence-electron chi connectivity index (χ0n) is 9.70. The number of carbonyl (C=O) groups is 1. The van der Waals surface area contributed by atoms with Crippen molar-refractivity contribution in [2.24, 2.45) is 0 Å². The fourth-order valence-corrected chi connectivity index (χ4v) is 0.951. The molecule has 88 valence electrons. The van der Waals surface area contributed by atoms with Crippen molar-refractivity contribution >= 4 is 5.91 Å². The Morgan fingerprint density at radius 1 is 1.33 bits per heavy atom. The second-order valence-corrected chi connectivity index (χ2v) is 3.33. The van der Waals surface area contributed by atoms with Gasteiger partial charge in [-0.3, -0.25) is 4.79 Å². The number of aliphatic hydroxyl groups excluding tert-OH is 1. The molecule has 0 aliphatic heterocycles. The highest BCUT2D eigenvalue weighted by molar-refractivity contribution is 5.75. The van der Waals surface area contributed by atoms with Crippen LogP contribution in [-0.2, 0) is 4.79 Å². The van der Waals surface area contributed by atoms with Crippen LogP contribution in [-0.4, -0.2) is 49.7 Å². The van der Waals surface area contributed by atoms with Gasteiger partial charge in [0.1, 0.15) is 0 Å². The Morgan fingerprint density at radius 3 is 2.40 bits per heavy atom. The number of rotatable bonds is 7. The molecule has 0 heterocycles. The summed E-state index contributed by atoms with van der Waals surface area (Å²) in [7, 11) is 3.98. The molecule has 0 aromatic carbocycles. The number of hydrogen-bond donors (Lipinski definition) is 2. The van der Waals surface area contributed by atoms with E-state index in [9.17, 15) is 4.79 Å². The van der Waals surface area contributed by atoms with E-state index in [2.05, 4.69) is 23.1 Å². The monoisotopic (exact) mass is 214 g/mol. The van der Waals surface area contributed by atoms with Gasteiger partial charge in [0.05, 0.1) is 0 Å². The van der Waals surface area contributed by atoms with E-state index in [1.165, 1.54) is 0 Å². The summed E-state index contributed by atoms with van der Waals surface area (Å²) >= 11 is 0. The van der Waals surface area contributed by atoms with Crippen LogP contribution in [0.4, 0.5) is 0 Å². The second-order valence-electron chi connectivity index (χ2n) is 3.33. The molecule has 0 saturated heterocycles. The summed E-state index contributed by atoms with van der Waals surface area (Å²) in [6.07, 6.45) is 10.1. The summed E-state index contributed by atoms with van der Waals surface area (Å²) in [5.74, 6) is 0.0790. The molecule has 0 rings (SSSR count). The van der Waals surface area contributed by atoms with Gasteiger partial charge in [-0.2, -0.15) is 0 Å². The van der Waals surface area contributed by atoms with Gasteiger partial charge in [0.15, 0.2) is 0 Å². The third-order valence-corrected chi connectivity index (χ3v) is 1.67. The maximum atomic E-state index is 11.1. The third-order valence-electron chi connectivity index (χ3n) is 1.67. The van der Waals surface area contributed by atoms with Crippen molar-refractivity contribution in [1.82, 2.24) is 10.2 Å². The van der Waals surface area contributed by atoms with E-state index in [0.29, 0.717) is 19.4 Å². The molecule has 0 unspecified atom stereocenters. The molecule has 4 heteroatoms. The van der Waals surface area contributed by atoms with Crippen LogP contribution in [0, 0.1) is 12.8 Å². The van der Waals surface area contributed by atoms with Crippen molar-refractivity contribution in [3.63, 3.8) is 0 Å². The highest BCUT2D eigenvalue weighted by Gasteiger charge is 1.99. The first-order valence-electron chi connectivity index (χ1n) is 5.02. The van der Waals surface area contributed by atoms with Crippen LogP contribution in [0.1, 0.15) is 19.3 Å². The number of terminal acetylenes is 1. The summed E-state index contributed by atoms with van der Waals surface area (Å²) in [5, 5.41) is 11.2. The van der Waals surface area contributed by atoms with Gasteiger partial charge in [-0.1, -0.05) is 0 Å². The molecule has 0 aromatic rings. The molecular weight excluding hydrogens is 192 g/mol. The van der Waals surface area contributed by atoms with E-state index in [1.54, 1.807) is 0 Å². The third kappa shape index (κ3) is 15.7. The van der Waals surface area contributed by atoms with Crippen LogP contribution in [0.25, 0.3) is 0 Å². The highest BCUT2D eigenvalue weighted by atomic mass is 16.3. The molecule has 0 saturated carbocycles. The Bertz CT molecular complexity index is 167. The van der Waals surface area contributed by atoms with E-state index in [0.717, 1.165) is 13.0 Å². The maximum absolute atomic E-state index is 11.1. The molecule has 2 N–H and O–H groups in total. The van der Waals surface area contributed by atoms with Crippen molar-refractivity contribution in [1.29, 1.82) is 0 Å². The first-order chi connectivity index (χ1) is 7.16. The van der Waals surface area contributed by atoms with Gasteiger partial charge in [0.2, 0.25) is 5.91 Å². The normalized spacial score (nSPS) is 9.20. The average molecular weight is 214 g/mol. The van der Waals surface area contributed by atoms with E-state index >= 15 is 0 Å². The lowest BCUT2D eigenvalue weighted by Crippen LogP contribution is -2.25. The molecule has 15 heavy (non-hydrogen) atoms. The molecule has 0 radical (unpaired) electrons. The van der Waals surface area contributed by atoms with Crippen LogP contribution < -0.4 is 5.32 Å². The Kier molecular flexibility index (Phi) is 14.1. The minimum atomic E-state index is 0.0790. The molecular formula is C11H22N2O2. The SMILES string of the molecule is C#C.CN(C)CCCC(=O)NCCCO. The Labute approximate surface area is 92.7 Å². The van der Waals surface area contributed by atoms with Crippen LogP contribution >= 0.6 is 0 Å². The Balaban J connectivity index is 0. The summed E-state index contributed by atoms with van der Waals surface area (Å²) in [6.45, 7) is 1.66. The van der Waals surface area contributed by atoms with Crippen LogP contribution in [0.15, 0.2) is 0 Å². The largest absolute Gasteiger partial charge is 0.396 e. The molecule has 0 fully saturated rings. The lowest BCUT2D eigenvalue weighted by Gasteiger charge is -2.08. The molecule has 0 spiro atoms. The van der Waals surface area contributed by atoms with Crippen LogP contribution in [0.5, 0.6) is 0 Å². The van der Waals surface area contributed by atoms with Crippen molar-refractivity contribution in [3.05, 3.63) is 0 Å². The molecule has 0 aliphatic rings. The average Bonchev–Trinajstić information content (AvgIpc) is 2.21. The van der Waals surface area contributed by atoms with E-state index in [-0.39, 0.29) is 12.5 Å². The standard InChI is InChI=1S/C9H20N2O2.C2H2/c1-11(2)7-3-5-9(13)10-6-4-8-12;1-2/h12H,3-8H2,1-2H3,(H,10,13);1-2H. The van der Waals surface area contributed by atoms with E-state index < -0.39 is 0 Å². The summed E-state index contributed by atoms with van der Waals surface area (Å²) in [5.41, 5.74) is 0. The lowest BCUT2D eigenvalue weighted by atomic mass is 10.3. The summed E-state index contributed by atoms with van der Waals surface area (Å²) < 4.78 is 0. The Morgan fingerprint density at radius 2 is 1.93 bits per heavy atom. The zero-order chi connectivity index (χ0) is 12.1. The van der Waals surface area contributed by atoms with Gasteiger partial charge >= 0.3 is 0 Å². The number of aliphatic hydroxyl groups is 1. The van der Waals surface area contributed by atoms with Gasteiger partial charge in [0.25, 0.3) is 0 Å². The zero-order valence-corrected chi connectivity index (χ0v) is 9.70. The number of nitrogens with one attached hydrogen (secondary N) is 1. The molecule has 0 aromatic heterocycles. The topological polar surface area (TPSA) is 52.6 Å². The number of amides is 1. The fourth-order valence-electron chi connectivity index (χ4n) is 0.951. The van der Waals surface area contributed by atoms with Crippen molar-refractivity contribution in [2.45, 2.75) is 19.3 Å². The van der Waals surface area contributed by atoms with Gasteiger partial charge in [-0.15, -0.1) is 12.8 Å². The second kappa shape index (κ2) is 12.9. The fraction of sp³-hybridized carbons (Fsp3) is 0.727. The predicted octanol–water partition coefficient (Wildman–Crippen LogP) is 0.0762. The molecule has 0 aliphatic carbocycles.